The first kappa shape index (κ1) is 22.4. The number of pyridine rings is 1. The average molecular weight is 464 g/mol. The van der Waals surface area contributed by atoms with E-state index in [1.807, 2.05) is 0 Å². The number of anilines is 1. The molecule has 0 N–H and O–H groups in total. The Balaban J connectivity index is 1.50. The van der Waals surface area contributed by atoms with Crippen LogP contribution in [0.2, 0.25) is 0 Å². The van der Waals surface area contributed by atoms with E-state index in [9.17, 15) is 13.6 Å². The van der Waals surface area contributed by atoms with E-state index in [2.05, 4.69) is 25.1 Å². The van der Waals surface area contributed by atoms with Gasteiger partial charge in [-0.3, -0.25) is 14.7 Å². The van der Waals surface area contributed by atoms with Gasteiger partial charge in [-0.15, -0.1) is 21.5 Å². The summed E-state index contributed by atoms with van der Waals surface area (Å²) in [5, 5.41) is 8.10. The molecule has 1 saturated heterocycles. The lowest BCUT2D eigenvalue weighted by molar-refractivity contribution is -0.119. The van der Waals surface area contributed by atoms with Crippen LogP contribution in [0.15, 0.2) is 29.1 Å². The predicted octanol–water partition coefficient (Wildman–Crippen LogP) is 3.01. The van der Waals surface area contributed by atoms with Crippen LogP contribution < -0.4 is 4.90 Å². The maximum Gasteiger partial charge on any atom is 0.259 e. The highest BCUT2D eigenvalue weighted by Gasteiger charge is 2.22. The van der Waals surface area contributed by atoms with Crippen LogP contribution in [0.1, 0.15) is 30.4 Å². The lowest BCUT2D eigenvalue weighted by Crippen LogP contribution is -2.39. The molecule has 3 aromatic rings. The minimum atomic E-state index is -1.37. The van der Waals surface area contributed by atoms with E-state index in [1.54, 1.807) is 0 Å². The first-order valence-electron chi connectivity index (χ1n) is 10.1. The fraction of sp³-hybridized carbons (Fsp3) is 0.450. The maximum absolute atomic E-state index is 13.8. The van der Waals surface area contributed by atoms with Crippen LogP contribution in [0.4, 0.5) is 14.5 Å². The second-order valence-electron chi connectivity index (χ2n) is 7.22. The topological polar surface area (TPSA) is 97.5 Å². The number of aromatic nitrogens is 4. The van der Waals surface area contributed by atoms with Crippen molar-refractivity contribution in [2.24, 2.45) is 0 Å². The molecule has 0 aromatic carbocycles. The molecule has 9 nitrogen and oxygen atoms in total. The summed E-state index contributed by atoms with van der Waals surface area (Å²) >= 11 is 1.24. The Hall–Kier alpha value is -2.83. The van der Waals surface area contributed by atoms with Gasteiger partial charge in [0.05, 0.1) is 44.0 Å². The molecule has 12 heteroatoms. The normalized spacial score (nSPS) is 15.6. The quantitative estimate of drug-likeness (QED) is 0.502. The Morgan fingerprint density at radius 3 is 2.81 bits per heavy atom. The zero-order valence-electron chi connectivity index (χ0n) is 17.4. The predicted molar refractivity (Wildman–Crippen MR) is 112 cm³/mol. The molecule has 3 aromatic heterocycles. The lowest BCUT2D eigenvalue weighted by atomic mass is 10.2. The van der Waals surface area contributed by atoms with Crippen LogP contribution in [0, 0.1) is 5.82 Å². The molecule has 0 aliphatic carbocycles. The fourth-order valence-electron chi connectivity index (χ4n) is 3.20. The Morgan fingerprint density at radius 1 is 1.28 bits per heavy atom. The van der Waals surface area contributed by atoms with Gasteiger partial charge in [0.25, 0.3) is 11.8 Å². The van der Waals surface area contributed by atoms with E-state index in [1.165, 1.54) is 41.6 Å². The molecule has 0 radical (unpaired) electrons. The summed E-state index contributed by atoms with van der Waals surface area (Å²) in [7, 11) is 0. The van der Waals surface area contributed by atoms with Gasteiger partial charge < -0.3 is 14.1 Å². The highest BCUT2D eigenvalue weighted by molar-refractivity contribution is 7.15. The van der Waals surface area contributed by atoms with Crippen LogP contribution in [0.3, 0.4) is 0 Å². The molecule has 0 bridgehead atoms. The van der Waals surface area contributed by atoms with Gasteiger partial charge in [0.1, 0.15) is 15.7 Å². The van der Waals surface area contributed by atoms with Gasteiger partial charge in [-0.1, -0.05) is 0 Å². The molecule has 0 saturated carbocycles. The summed E-state index contributed by atoms with van der Waals surface area (Å²) in [4.78, 5) is 25.4. The van der Waals surface area contributed by atoms with E-state index in [-0.39, 0.29) is 30.7 Å². The largest absolute Gasteiger partial charge is 0.417 e. The summed E-state index contributed by atoms with van der Waals surface area (Å²) < 4.78 is 37.8. The maximum atomic E-state index is 13.8. The summed E-state index contributed by atoms with van der Waals surface area (Å²) in [5.74, 6) is -0.662. The standard InChI is InChI=1S/C20H22F2N6O3S/c1-13(21)19-25-26-20(31-19)16-11-24-17(32-16)12-28(15-8-14(22)9-23-10-15)18(29)2-3-27-4-6-30-7-5-27/h8-11,13H,2-7,12H2,1H3. The van der Waals surface area contributed by atoms with Crippen molar-refractivity contribution in [3.8, 4) is 10.8 Å². The van der Waals surface area contributed by atoms with E-state index in [0.717, 1.165) is 19.3 Å². The van der Waals surface area contributed by atoms with Crippen LogP contribution in [0.25, 0.3) is 10.8 Å². The molecule has 1 aliphatic rings. The molecule has 4 rings (SSSR count). The number of morpholine rings is 1. The van der Waals surface area contributed by atoms with Crippen molar-refractivity contribution in [2.75, 3.05) is 37.7 Å². The second kappa shape index (κ2) is 10.2. The van der Waals surface area contributed by atoms with Gasteiger partial charge in [-0.05, 0) is 6.92 Å². The molecule has 1 aliphatic heterocycles. The highest BCUT2D eigenvalue weighted by atomic mass is 32.1. The third-order valence-electron chi connectivity index (χ3n) is 4.89. The van der Waals surface area contributed by atoms with Gasteiger partial charge in [0, 0.05) is 32.1 Å². The van der Waals surface area contributed by atoms with E-state index in [0.29, 0.717) is 35.3 Å². The minimum Gasteiger partial charge on any atom is -0.417 e. The number of amides is 1. The Morgan fingerprint density at radius 2 is 2.09 bits per heavy atom. The molecule has 170 valence electrons. The average Bonchev–Trinajstić information content (AvgIpc) is 3.46. The van der Waals surface area contributed by atoms with Crippen molar-refractivity contribution in [3.63, 3.8) is 0 Å². The van der Waals surface area contributed by atoms with Crippen LogP contribution >= 0.6 is 11.3 Å². The zero-order valence-corrected chi connectivity index (χ0v) is 18.2. The number of carbonyl (C=O) groups excluding carboxylic acids is 1. The third-order valence-corrected chi connectivity index (χ3v) is 5.86. The van der Waals surface area contributed by atoms with Crippen molar-refractivity contribution >= 4 is 22.9 Å². The van der Waals surface area contributed by atoms with E-state index < -0.39 is 12.0 Å². The first-order valence-corrected chi connectivity index (χ1v) is 10.9. The van der Waals surface area contributed by atoms with Gasteiger partial charge in [0.15, 0.2) is 6.17 Å². The van der Waals surface area contributed by atoms with Gasteiger partial charge in [0.2, 0.25) is 5.91 Å². The van der Waals surface area contributed by atoms with Crippen molar-refractivity contribution in [3.05, 3.63) is 41.4 Å². The molecule has 1 fully saturated rings. The number of halogens is 2. The number of ether oxygens (including phenoxy) is 1. The molecule has 1 amide bonds. The first-order chi connectivity index (χ1) is 15.5. The monoisotopic (exact) mass is 464 g/mol. The summed E-state index contributed by atoms with van der Waals surface area (Å²) in [6, 6.07) is 1.26. The smallest absolute Gasteiger partial charge is 0.259 e. The van der Waals surface area contributed by atoms with Gasteiger partial charge in [-0.2, -0.15) is 0 Å². The number of carbonyl (C=O) groups is 1. The number of hydrogen-bond acceptors (Lipinski definition) is 9. The molecular weight excluding hydrogens is 442 g/mol. The minimum absolute atomic E-state index is 0.110. The number of hydrogen-bond donors (Lipinski definition) is 0. The Labute approximate surface area is 187 Å². The van der Waals surface area contributed by atoms with Crippen LogP contribution in [-0.2, 0) is 16.1 Å². The van der Waals surface area contributed by atoms with Crippen molar-refractivity contribution in [1.29, 1.82) is 0 Å². The van der Waals surface area contributed by atoms with Crippen molar-refractivity contribution in [2.45, 2.75) is 26.1 Å². The second-order valence-corrected chi connectivity index (χ2v) is 8.34. The zero-order chi connectivity index (χ0) is 22.5. The van der Waals surface area contributed by atoms with Crippen LogP contribution in [-0.4, -0.2) is 63.8 Å². The molecule has 0 spiro atoms. The molecular formula is C20H22F2N6O3S. The molecule has 1 unspecified atom stereocenters. The fourth-order valence-corrected chi connectivity index (χ4v) is 4.03. The van der Waals surface area contributed by atoms with Gasteiger partial charge >= 0.3 is 0 Å². The van der Waals surface area contributed by atoms with E-state index in [4.69, 9.17) is 9.15 Å². The summed E-state index contributed by atoms with van der Waals surface area (Å²) in [6.45, 7) is 4.85. The SMILES string of the molecule is CC(F)c1nnc(-c2cnc(CN(C(=O)CCN3CCOCC3)c3cncc(F)c3)s2)o1. The summed E-state index contributed by atoms with van der Waals surface area (Å²) in [5.41, 5.74) is 0.347. The van der Waals surface area contributed by atoms with Crippen molar-refractivity contribution < 1.29 is 22.7 Å². The number of thiazole rings is 1. The highest BCUT2D eigenvalue weighted by Crippen LogP contribution is 2.29. The number of nitrogens with zero attached hydrogens (tertiary/aromatic N) is 6. The van der Waals surface area contributed by atoms with E-state index >= 15 is 0 Å². The lowest BCUT2D eigenvalue weighted by Gasteiger charge is -2.28. The summed E-state index contributed by atoms with van der Waals surface area (Å²) in [6.07, 6.45) is 2.94. The number of rotatable bonds is 8. The molecule has 32 heavy (non-hydrogen) atoms. The van der Waals surface area contributed by atoms with Crippen LogP contribution in [0.5, 0.6) is 0 Å². The molecule has 1 atom stereocenters. The third kappa shape index (κ3) is 5.50. The van der Waals surface area contributed by atoms with Crippen molar-refractivity contribution in [1.82, 2.24) is 25.1 Å². The Bertz CT molecular complexity index is 1050. The van der Waals surface area contributed by atoms with Gasteiger partial charge in [-0.25, -0.2) is 13.8 Å². The number of alkyl halides is 1. The molecule has 4 heterocycles. The Kier molecular flexibility index (Phi) is 7.12.